The number of rotatable bonds is 6. The Morgan fingerprint density at radius 2 is 1.88 bits per heavy atom. The van der Waals surface area contributed by atoms with Crippen molar-refractivity contribution in [3.8, 4) is 11.5 Å². The number of ether oxygens (including phenoxy) is 2. The van der Waals surface area contributed by atoms with E-state index < -0.39 is 6.04 Å². The predicted octanol–water partition coefficient (Wildman–Crippen LogP) is 2.96. The number of carbonyl (C=O) groups is 1. The van der Waals surface area contributed by atoms with Crippen molar-refractivity contribution in [2.45, 2.75) is 19.5 Å². The number of amides is 1. The first-order chi connectivity index (χ1) is 12.5. The van der Waals surface area contributed by atoms with Crippen molar-refractivity contribution in [3.63, 3.8) is 0 Å². The second kappa shape index (κ2) is 7.61. The van der Waals surface area contributed by atoms with Gasteiger partial charge in [0.2, 0.25) is 5.91 Å². The van der Waals surface area contributed by atoms with Gasteiger partial charge in [-0.2, -0.15) is 0 Å². The molecule has 0 spiro atoms. The fourth-order valence-electron chi connectivity index (χ4n) is 2.68. The van der Waals surface area contributed by atoms with Crippen LogP contribution >= 0.6 is 11.5 Å². The summed E-state index contributed by atoms with van der Waals surface area (Å²) in [6.07, 6.45) is 0. The van der Waals surface area contributed by atoms with Crippen LogP contribution in [0.2, 0.25) is 0 Å². The maximum Gasteiger partial charge on any atom is 0.269 e. The zero-order chi connectivity index (χ0) is 18.7. The lowest BCUT2D eigenvalue weighted by Crippen LogP contribution is -2.33. The van der Waals surface area contributed by atoms with Gasteiger partial charge in [-0.05, 0) is 36.8 Å². The van der Waals surface area contributed by atoms with Crippen LogP contribution in [0.15, 0.2) is 47.3 Å². The third kappa shape index (κ3) is 3.43. The lowest BCUT2D eigenvalue weighted by molar-refractivity contribution is -0.123. The first-order valence-corrected chi connectivity index (χ1v) is 8.91. The zero-order valence-corrected chi connectivity index (χ0v) is 15.6. The minimum Gasteiger partial charge on any atom is -0.493 e. The Bertz CT molecular complexity index is 993. The molecule has 0 fully saturated rings. The average Bonchev–Trinajstić information content (AvgIpc) is 3.02. The largest absolute Gasteiger partial charge is 0.493 e. The Balaban J connectivity index is 1.73. The highest BCUT2D eigenvalue weighted by atomic mass is 32.1. The SMILES string of the molecule is COc1ccc(CNC(=O)[C@@H](C)n2sc3ccccc3c2=O)cc1OC. The highest BCUT2D eigenvalue weighted by molar-refractivity contribution is 7.14. The molecule has 7 heteroatoms. The molecular weight excluding hydrogens is 352 g/mol. The number of hydrogen-bond acceptors (Lipinski definition) is 5. The van der Waals surface area contributed by atoms with Gasteiger partial charge in [0.25, 0.3) is 5.56 Å². The van der Waals surface area contributed by atoms with Crippen LogP contribution in [0.5, 0.6) is 11.5 Å². The summed E-state index contributed by atoms with van der Waals surface area (Å²) in [6, 6.07) is 12.2. The molecule has 0 bridgehead atoms. The highest BCUT2D eigenvalue weighted by Crippen LogP contribution is 2.27. The van der Waals surface area contributed by atoms with E-state index in [1.54, 1.807) is 33.3 Å². The Labute approximate surface area is 155 Å². The summed E-state index contributed by atoms with van der Waals surface area (Å²) in [5, 5.41) is 3.51. The molecule has 136 valence electrons. The van der Waals surface area contributed by atoms with Crippen LogP contribution in [-0.2, 0) is 11.3 Å². The topological polar surface area (TPSA) is 69.6 Å². The van der Waals surface area contributed by atoms with E-state index in [0.29, 0.717) is 23.4 Å². The zero-order valence-electron chi connectivity index (χ0n) is 14.8. The molecule has 2 aromatic carbocycles. The fourth-order valence-corrected chi connectivity index (χ4v) is 3.72. The molecule has 3 aromatic rings. The lowest BCUT2D eigenvalue weighted by Gasteiger charge is -2.13. The van der Waals surface area contributed by atoms with E-state index in [0.717, 1.165) is 10.3 Å². The van der Waals surface area contributed by atoms with Crippen LogP contribution in [0, 0.1) is 0 Å². The third-order valence-electron chi connectivity index (χ3n) is 4.16. The molecule has 0 unspecified atom stereocenters. The van der Waals surface area contributed by atoms with Crippen molar-refractivity contribution < 1.29 is 14.3 Å². The molecule has 26 heavy (non-hydrogen) atoms. The van der Waals surface area contributed by atoms with Gasteiger partial charge < -0.3 is 14.8 Å². The summed E-state index contributed by atoms with van der Waals surface area (Å²) in [7, 11) is 3.14. The van der Waals surface area contributed by atoms with Gasteiger partial charge in [0.15, 0.2) is 11.5 Å². The maximum absolute atomic E-state index is 12.5. The monoisotopic (exact) mass is 372 g/mol. The first kappa shape index (κ1) is 18.0. The summed E-state index contributed by atoms with van der Waals surface area (Å²) < 4.78 is 12.9. The molecule has 0 aliphatic heterocycles. The van der Waals surface area contributed by atoms with E-state index in [9.17, 15) is 9.59 Å². The van der Waals surface area contributed by atoms with Gasteiger partial charge in [-0.3, -0.25) is 13.5 Å². The highest BCUT2D eigenvalue weighted by Gasteiger charge is 2.19. The van der Waals surface area contributed by atoms with Crippen molar-refractivity contribution in [1.29, 1.82) is 0 Å². The minimum absolute atomic E-state index is 0.139. The Morgan fingerprint density at radius 3 is 2.58 bits per heavy atom. The minimum atomic E-state index is -0.583. The van der Waals surface area contributed by atoms with Gasteiger partial charge in [-0.1, -0.05) is 29.7 Å². The lowest BCUT2D eigenvalue weighted by atomic mass is 10.2. The van der Waals surface area contributed by atoms with E-state index >= 15 is 0 Å². The summed E-state index contributed by atoms with van der Waals surface area (Å²) in [4.78, 5) is 25.0. The van der Waals surface area contributed by atoms with Crippen LogP contribution in [0.25, 0.3) is 10.1 Å². The van der Waals surface area contributed by atoms with E-state index in [4.69, 9.17) is 9.47 Å². The quantitative estimate of drug-likeness (QED) is 0.722. The number of nitrogens with one attached hydrogen (secondary N) is 1. The van der Waals surface area contributed by atoms with Crippen LogP contribution < -0.4 is 20.3 Å². The maximum atomic E-state index is 12.5. The average molecular weight is 372 g/mol. The number of benzene rings is 2. The molecule has 1 aromatic heterocycles. The number of hydrogen-bond donors (Lipinski definition) is 1. The molecule has 1 N–H and O–H groups in total. The standard InChI is InChI=1S/C19H20N2O4S/c1-12(21-19(23)14-6-4-5-7-17(14)26-21)18(22)20-11-13-8-9-15(24-2)16(10-13)25-3/h4-10,12H,11H2,1-3H3,(H,20,22)/t12-/m1/s1. The van der Waals surface area contributed by atoms with Crippen LogP contribution in [0.1, 0.15) is 18.5 Å². The van der Waals surface area contributed by atoms with Gasteiger partial charge in [0.1, 0.15) is 6.04 Å². The molecule has 1 atom stereocenters. The molecule has 0 aliphatic carbocycles. The molecule has 0 radical (unpaired) electrons. The molecule has 0 saturated heterocycles. The molecule has 6 nitrogen and oxygen atoms in total. The predicted molar refractivity (Wildman–Crippen MR) is 102 cm³/mol. The summed E-state index contributed by atoms with van der Waals surface area (Å²) in [5.41, 5.74) is 0.742. The fraction of sp³-hybridized carbons (Fsp3) is 0.263. The van der Waals surface area contributed by atoms with E-state index in [2.05, 4.69) is 5.32 Å². The van der Waals surface area contributed by atoms with E-state index in [1.807, 2.05) is 30.3 Å². The number of methoxy groups -OCH3 is 2. The summed E-state index contributed by atoms with van der Waals surface area (Å²) in [6.45, 7) is 2.06. The van der Waals surface area contributed by atoms with Crippen molar-refractivity contribution in [2.24, 2.45) is 0 Å². The second-order valence-electron chi connectivity index (χ2n) is 5.80. The van der Waals surface area contributed by atoms with Crippen molar-refractivity contribution in [3.05, 3.63) is 58.4 Å². The van der Waals surface area contributed by atoms with Crippen molar-refractivity contribution in [1.82, 2.24) is 9.27 Å². The van der Waals surface area contributed by atoms with E-state index in [1.165, 1.54) is 15.5 Å². The number of fused-ring (bicyclic) bond motifs is 1. The number of aromatic nitrogens is 1. The van der Waals surface area contributed by atoms with Gasteiger partial charge in [0, 0.05) is 6.54 Å². The molecule has 0 saturated carbocycles. The first-order valence-electron chi connectivity index (χ1n) is 8.14. The summed E-state index contributed by atoms with van der Waals surface area (Å²) >= 11 is 1.30. The van der Waals surface area contributed by atoms with Gasteiger partial charge in [0.05, 0.1) is 24.3 Å². The Morgan fingerprint density at radius 1 is 1.15 bits per heavy atom. The molecule has 1 heterocycles. The summed E-state index contributed by atoms with van der Waals surface area (Å²) in [5.74, 6) is 1.02. The molecule has 1 amide bonds. The van der Waals surface area contributed by atoms with Gasteiger partial charge in [-0.15, -0.1) is 0 Å². The molecule has 0 aliphatic rings. The van der Waals surface area contributed by atoms with E-state index in [-0.39, 0.29) is 11.5 Å². The molecule has 3 rings (SSSR count). The van der Waals surface area contributed by atoms with Crippen molar-refractivity contribution in [2.75, 3.05) is 14.2 Å². The van der Waals surface area contributed by atoms with Crippen LogP contribution in [-0.4, -0.2) is 24.1 Å². The van der Waals surface area contributed by atoms with Crippen LogP contribution in [0.4, 0.5) is 0 Å². The second-order valence-corrected chi connectivity index (χ2v) is 6.82. The number of nitrogens with zero attached hydrogens (tertiary/aromatic N) is 1. The number of carbonyl (C=O) groups excluding carboxylic acids is 1. The van der Waals surface area contributed by atoms with Crippen molar-refractivity contribution >= 4 is 27.5 Å². The van der Waals surface area contributed by atoms with Crippen LogP contribution in [0.3, 0.4) is 0 Å². The normalized spacial score (nSPS) is 12.0. The third-order valence-corrected chi connectivity index (χ3v) is 5.39. The smallest absolute Gasteiger partial charge is 0.269 e. The molecular formula is C19H20N2O4S. The Kier molecular flexibility index (Phi) is 5.27. The van der Waals surface area contributed by atoms with Gasteiger partial charge >= 0.3 is 0 Å². The Hall–Kier alpha value is -2.80. The van der Waals surface area contributed by atoms with Gasteiger partial charge in [-0.25, -0.2) is 0 Å².